The van der Waals surface area contributed by atoms with Crippen LogP contribution >= 0.6 is 15.9 Å². The van der Waals surface area contributed by atoms with Gasteiger partial charge in [-0.3, -0.25) is 0 Å². The van der Waals surface area contributed by atoms with Crippen LogP contribution in [-0.2, 0) is 4.74 Å². The van der Waals surface area contributed by atoms with E-state index in [2.05, 4.69) is 20.7 Å². The Morgan fingerprint density at radius 3 is 2.47 bits per heavy atom. The number of alkyl halides is 3. The van der Waals surface area contributed by atoms with E-state index in [0.717, 1.165) is 21.2 Å². The number of hydrogen-bond acceptors (Lipinski definition) is 2. The van der Waals surface area contributed by atoms with Crippen molar-refractivity contribution in [3.63, 3.8) is 0 Å². The number of nitrogens with two attached hydrogens (primary N) is 1. The van der Waals surface area contributed by atoms with Gasteiger partial charge in [-0.05, 0) is 43.0 Å². The summed E-state index contributed by atoms with van der Waals surface area (Å²) in [5, 5.41) is 0. The fraction of sp³-hybridized carbons (Fsp3) is 0.538. The second-order valence-corrected chi connectivity index (χ2v) is 5.38. The second kappa shape index (κ2) is 6.72. The summed E-state index contributed by atoms with van der Waals surface area (Å²) in [6.07, 6.45) is -3.92. The average molecular weight is 340 g/mol. The van der Waals surface area contributed by atoms with Gasteiger partial charge in [0.2, 0.25) is 0 Å². The highest BCUT2D eigenvalue weighted by molar-refractivity contribution is 9.10. The zero-order valence-corrected chi connectivity index (χ0v) is 12.4. The molecule has 19 heavy (non-hydrogen) atoms. The summed E-state index contributed by atoms with van der Waals surface area (Å²) in [4.78, 5) is 0. The monoisotopic (exact) mass is 339 g/mol. The number of benzene rings is 1. The van der Waals surface area contributed by atoms with E-state index in [1.807, 2.05) is 26.0 Å². The van der Waals surface area contributed by atoms with Crippen LogP contribution in [0.2, 0.25) is 0 Å². The molecular formula is C13H17BrF3NO. The molecule has 2 N–H and O–H groups in total. The molecular weight excluding hydrogens is 323 g/mol. The smallest absolute Gasteiger partial charge is 0.372 e. The largest absolute Gasteiger partial charge is 0.411 e. The molecule has 0 bridgehead atoms. The minimum absolute atomic E-state index is 0.00473. The minimum atomic E-state index is -4.28. The van der Waals surface area contributed by atoms with E-state index in [1.54, 1.807) is 0 Å². The molecule has 0 amide bonds. The first-order valence-electron chi connectivity index (χ1n) is 5.87. The lowest BCUT2D eigenvalue weighted by Crippen LogP contribution is -2.20. The number of hydrogen-bond donors (Lipinski definition) is 1. The highest BCUT2D eigenvalue weighted by atomic mass is 79.9. The van der Waals surface area contributed by atoms with Crippen LogP contribution in [0.1, 0.15) is 29.2 Å². The van der Waals surface area contributed by atoms with Crippen molar-refractivity contribution in [3.8, 4) is 0 Å². The molecule has 0 spiro atoms. The first-order valence-corrected chi connectivity index (χ1v) is 6.66. The molecule has 0 saturated carbocycles. The fourth-order valence-corrected chi connectivity index (χ4v) is 2.21. The highest BCUT2D eigenvalue weighted by Gasteiger charge is 2.27. The number of rotatable bonds is 5. The van der Waals surface area contributed by atoms with Crippen molar-refractivity contribution in [2.24, 2.45) is 5.73 Å². The van der Waals surface area contributed by atoms with Crippen LogP contribution in [0.3, 0.4) is 0 Å². The maximum atomic E-state index is 11.9. The summed E-state index contributed by atoms with van der Waals surface area (Å²) in [5.41, 5.74) is 8.99. The molecule has 0 radical (unpaired) electrons. The van der Waals surface area contributed by atoms with Gasteiger partial charge in [0.15, 0.2) is 0 Å². The molecule has 6 heteroatoms. The Morgan fingerprint density at radius 2 is 1.89 bits per heavy atom. The molecule has 0 heterocycles. The molecule has 2 nitrogen and oxygen atoms in total. The Bertz CT molecular complexity index is 435. The molecule has 1 unspecified atom stereocenters. The minimum Gasteiger partial charge on any atom is -0.372 e. The van der Waals surface area contributed by atoms with Gasteiger partial charge in [0, 0.05) is 17.1 Å². The lowest BCUT2D eigenvalue weighted by molar-refractivity contribution is -0.174. The third-order valence-corrected chi connectivity index (χ3v) is 3.64. The Hall–Kier alpha value is -0.590. The normalized spacial score (nSPS) is 13.6. The summed E-state index contributed by atoms with van der Waals surface area (Å²) in [7, 11) is 0. The zero-order valence-electron chi connectivity index (χ0n) is 10.9. The summed E-state index contributed by atoms with van der Waals surface area (Å²) >= 11 is 3.42. The van der Waals surface area contributed by atoms with Crippen LogP contribution in [0.4, 0.5) is 13.2 Å². The van der Waals surface area contributed by atoms with Gasteiger partial charge >= 0.3 is 6.18 Å². The van der Waals surface area contributed by atoms with E-state index in [1.165, 1.54) is 0 Å². The number of aryl methyl sites for hydroxylation is 2. The van der Waals surface area contributed by atoms with E-state index in [0.29, 0.717) is 6.42 Å². The van der Waals surface area contributed by atoms with Crippen molar-refractivity contribution in [1.29, 1.82) is 0 Å². The van der Waals surface area contributed by atoms with Crippen LogP contribution < -0.4 is 5.73 Å². The van der Waals surface area contributed by atoms with Gasteiger partial charge in [-0.2, -0.15) is 13.2 Å². The van der Waals surface area contributed by atoms with Crippen LogP contribution in [0.25, 0.3) is 0 Å². The Kier molecular flexibility index (Phi) is 5.82. The van der Waals surface area contributed by atoms with Crippen LogP contribution in [-0.4, -0.2) is 19.4 Å². The summed E-state index contributed by atoms with van der Waals surface area (Å²) < 4.78 is 41.3. The van der Waals surface area contributed by atoms with Gasteiger partial charge in [-0.25, -0.2) is 0 Å². The third-order valence-electron chi connectivity index (χ3n) is 2.79. The number of halogens is 4. The van der Waals surface area contributed by atoms with Crippen LogP contribution in [0.5, 0.6) is 0 Å². The van der Waals surface area contributed by atoms with Gasteiger partial charge in [-0.15, -0.1) is 0 Å². The van der Waals surface area contributed by atoms with Gasteiger partial charge < -0.3 is 10.5 Å². The first-order chi connectivity index (χ1) is 8.70. The van der Waals surface area contributed by atoms with Crippen molar-refractivity contribution >= 4 is 15.9 Å². The van der Waals surface area contributed by atoms with E-state index in [4.69, 9.17) is 5.73 Å². The second-order valence-electron chi connectivity index (χ2n) is 4.52. The third kappa shape index (κ3) is 5.50. The highest BCUT2D eigenvalue weighted by Crippen LogP contribution is 2.26. The van der Waals surface area contributed by atoms with Crippen molar-refractivity contribution in [1.82, 2.24) is 0 Å². The molecule has 1 aromatic carbocycles. The van der Waals surface area contributed by atoms with Gasteiger partial charge in [-0.1, -0.05) is 22.0 Å². The standard InChI is InChI=1S/C13H17BrF3NO/c1-8-6-11(14)9(2)5-10(8)12(18)3-4-19-7-13(15,16)17/h5-6,12H,3-4,7,18H2,1-2H3. The Balaban J connectivity index is 2.54. The molecule has 1 rings (SSSR count). The molecule has 0 aromatic heterocycles. The molecule has 0 aliphatic heterocycles. The first kappa shape index (κ1) is 16.5. The predicted octanol–water partition coefficient (Wildman–Crippen LogP) is 4.03. The van der Waals surface area contributed by atoms with Crippen molar-refractivity contribution in [2.45, 2.75) is 32.5 Å². The topological polar surface area (TPSA) is 35.2 Å². The molecule has 1 atom stereocenters. The quantitative estimate of drug-likeness (QED) is 0.822. The molecule has 0 fully saturated rings. The lowest BCUT2D eigenvalue weighted by atomic mass is 9.98. The van der Waals surface area contributed by atoms with Gasteiger partial charge in [0.25, 0.3) is 0 Å². The Morgan fingerprint density at radius 1 is 1.26 bits per heavy atom. The van der Waals surface area contributed by atoms with Crippen molar-refractivity contribution in [2.75, 3.05) is 13.2 Å². The molecule has 0 aliphatic carbocycles. The summed E-state index contributed by atoms with van der Waals surface area (Å²) in [6, 6.07) is 3.59. The molecule has 0 aliphatic rings. The van der Waals surface area contributed by atoms with Crippen LogP contribution in [0, 0.1) is 13.8 Å². The fourth-order valence-electron chi connectivity index (χ4n) is 1.76. The van der Waals surface area contributed by atoms with Crippen molar-refractivity contribution in [3.05, 3.63) is 33.3 Å². The van der Waals surface area contributed by atoms with Gasteiger partial charge in [0.05, 0.1) is 0 Å². The van der Waals surface area contributed by atoms with E-state index >= 15 is 0 Å². The van der Waals surface area contributed by atoms with E-state index in [9.17, 15) is 13.2 Å². The summed E-state index contributed by atoms with van der Waals surface area (Å²) in [6.45, 7) is 2.64. The maximum absolute atomic E-state index is 11.9. The number of ether oxygens (including phenoxy) is 1. The average Bonchev–Trinajstić information content (AvgIpc) is 2.28. The lowest BCUT2D eigenvalue weighted by Gasteiger charge is -2.17. The van der Waals surface area contributed by atoms with Crippen LogP contribution in [0.15, 0.2) is 16.6 Å². The Labute approximate surface area is 119 Å². The van der Waals surface area contributed by atoms with E-state index in [-0.39, 0.29) is 12.6 Å². The summed E-state index contributed by atoms with van der Waals surface area (Å²) in [5.74, 6) is 0. The van der Waals surface area contributed by atoms with Crippen molar-refractivity contribution < 1.29 is 17.9 Å². The molecule has 0 saturated heterocycles. The predicted molar refractivity (Wildman–Crippen MR) is 72.0 cm³/mol. The van der Waals surface area contributed by atoms with E-state index < -0.39 is 12.8 Å². The van der Waals surface area contributed by atoms with Gasteiger partial charge in [0.1, 0.15) is 6.61 Å². The molecule has 108 valence electrons. The zero-order chi connectivity index (χ0) is 14.6. The SMILES string of the molecule is Cc1cc(C(N)CCOCC(F)(F)F)c(C)cc1Br. The molecule has 1 aromatic rings. The maximum Gasteiger partial charge on any atom is 0.411 e.